The first-order valence-corrected chi connectivity index (χ1v) is 14.1. The zero-order valence-corrected chi connectivity index (χ0v) is 22.6. The molecule has 0 bridgehead atoms. The van der Waals surface area contributed by atoms with Crippen molar-refractivity contribution in [3.8, 4) is 0 Å². The first kappa shape index (κ1) is 28.6. The Bertz CT molecular complexity index is 1140. The minimum absolute atomic E-state index is 0.0420. The smallest absolute Gasteiger partial charge is 0.304 e. The van der Waals surface area contributed by atoms with Crippen LogP contribution in [0.3, 0.4) is 0 Å². The van der Waals surface area contributed by atoms with Crippen LogP contribution in [0, 0.1) is 5.82 Å². The van der Waals surface area contributed by atoms with Gasteiger partial charge in [0.1, 0.15) is 18.4 Å². The summed E-state index contributed by atoms with van der Waals surface area (Å²) in [5, 5.41) is 3.10. The highest BCUT2D eigenvalue weighted by molar-refractivity contribution is 7.90. The number of nitrogens with one attached hydrogen (secondary N) is 1. The summed E-state index contributed by atoms with van der Waals surface area (Å²) in [6.45, 7) is 1.38. The Morgan fingerprint density at radius 3 is 2.19 bits per heavy atom. The van der Waals surface area contributed by atoms with Crippen LogP contribution >= 0.6 is 0 Å². The van der Waals surface area contributed by atoms with E-state index in [1.807, 2.05) is 6.92 Å². The Labute approximate surface area is 219 Å². The molecule has 8 nitrogen and oxygen atoms in total. The van der Waals surface area contributed by atoms with Gasteiger partial charge in [0.05, 0.1) is 5.69 Å². The number of benzene rings is 2. The van der Waals surface area contributed by atoms with Gasteiger partial charge in [-0.15, -0.1) is 0 Å². The predicted molar refractivity (Wildman–Crippen MR) is 142 cm³/mol. The van der Waals surface area contributed by atoms with Crippen molar-refractivity contribution in [3.63, 3.8) is 0 Å². The summed E-state index contributed by atoms with van der Waals surface area (Å²) in [6.07, 6.45) is 5.39. The molecule has 2 aromatic carbocycles. The van der Waals surface area contributed by atoms with Gasteiger partial charge in [0.15, 0.2) is 0 Å². The van der Waals surface area contributed by atoms with E-state index in [1.54, 1.807) is 42.5 Å². The maximum Gasteiger partial charge on any atom is 0.304 e. The van der Waals surface area contributed by atoms with Crippen LogP contribution in [0.5, 0.6) is 0 Å². The highest BCUT2D eigenvalue weighted by atomic mass is 32.2. The molecule has 0 aliphatic heterocycles. The Morgan fingerprint density at radius 2 is 1.62 bits per heavy atom. The minimum Gasteiger partial charge on any atom is -0.352 e. The predicted octanol–water partition coefficient (Wildman–Crippen LogP) is 3.69. The van der Waals surface area contributed by atoms with Crippen LogP contribution in [0.1, 0.15) is 51.0 Å². The van der Waals surface area contributed by atoms with Crippen molar-refractivity contribution in [1.82, 2.24) is 14.5 Å². The van der Waals surface area contributed by atoms with Crippen molar-refractivity contribution in [3.05, 3.63) is 66.0 Å². The Hall–Kier alpha value is -2.98. The van der Waals surface area contributed by atoms with Gasteiger partial charge in [0.25, 0.3) is 0 Å². The normalized spacial score (nSPS) is 15.3. The molecule has 1 aliphatic rings. The van der Waals surface area contributed by atoms with Gasteiger partial charge in [0.2, 0.25) is 11.8 Å². The number of carbonyl (C=O) groups is 2. The number of anilines is 1. The fourth-order valence-electron chi connectivity index (χ4n) is 4.56. The highest BCUT2D eigenvalue weighted by Gasteiger charge is 2.34. The Kier molecular flexibility index (Phi) is 10.0. The van der Waals surface area contributed by atoms with Gasteiger partial charge >= 0.3 is 10.2 Å². The fraction of sp³-hybridized carbons (Fsp3) is 0.481. The molecule has 1 atom stereocenters. The molecule has 0 saturated heterocycles. The number of nitrogens with zero attached hydrogens (tertiary/aromatic N) is 3. The summed E-state index contributed by atoms with van der Waals surface area (Å²) in [7, 11) is -1.20. The van der Waals surface area contributed by atoms with Crippen LogP contribution in [0.15, 0.2) is 54.6 Å². The molecule has 1 N–H and O–H groups in total. The van der Waals surface area contributed by atoms with Crippen molar-refractivity contribution in [2.45, 2.75) is 64.1 Å². The average Bonchev–Trinajstić information content (AvgIpc) is 2.89. The second-order valence-electron chi connectivity index (χ2n) is 9.55. The van der Waals surface area contributed by atoms with Gasteiger partial charge in [0, 0.05) is 26.7 Å². The molecule has 37 heavy (non-hydrogen) atoms. The van der Waals surface area contributed by atoms with Crippen LogP contribution in [0.25, 0.3) is 0 Å². The number of rotatable bonds is 11. The van der Waals surface area contributed by atoms with Gasteiger partial charge in [-0.05, 0) is 49.1 Å². The van der Waals surface area contributed by atoms with Gasteiger partial charge in [-0.1, -0.05) is 56.5 Å². The third-order valence-electron chi connectivity index (χ3n) is 6.67. The number of halogens is 1. The van der Waals surface area contributed by atoms with Gasteiger partial charge in [-0.25, -0.2) is 8.70 Å². The summed E-state index contributed by atoms with van der Waals surface area (Å²) in [6, 6.07) is 13.4. The third-order valence-corrected chi connectivity index (χ3v) is 8.49. The zero-order chi connectivity index (χ0) is 27.0. The molecular formula is C27H37FN4O4S. The second kappa shape index (κ2) is 13.0. The molecule has 202 valence electrons. The first-order valence-electron chi connectivity index (χ1n) is 12.7. The van der Waals surface area contributed by atoms with Crippen LogP contribution in [-0.2, 0) is 26.3 Å². The zero-order valence-electron chi connectivity index (χ0n) is 21.8. The summed E-state index contributed by atoms with van der Waals surface area (Å²) in [5.74, 6) is -1.19. The quantitative estimate of drug-likeness (QED) is 0.478. The summed E-state index contributed by atoms with van der Waals surface area (Å²) in [4.78, 5) is 28.6. The lowest BCUT2D eigenvalue weighted by Crippen LogP contribution is -2.54. The van der Waals surface area contributed by atoms with E-state index >= 15 is 0 Å². The van der Waals surface area contributed by atoms with Crippen molar-refractivity contribution in [2.75, 3.05) is 24.9 Å². The summed E-state index contributed by atoms with van der Waals surface area (Å²) < 4.78 is 42.0. The molecule has 2 amide bonds. The molecule has 10 heteroatoms. The van der Waals surface area contributed by atoms with Crippen molar-refractivity contribution >= 4 is 27.7 Å². The number of carbonyl (C=O) groups excluding carboxylic acids is 2. The maximum atomic E-state index is 13.8. The van der Waals surface area contributed by atoms with E-state index in [2.05, 4.69) is 5.32 Å². The summed E-state index contributed by atoms with van der Waals surface area (Å²) >= 11 is 0. The van der Waals surface area contributed by atoms with Gasteiger partial charge in [-0.3, -0.25) is 9.59 Å². The standard InChI is InChI=1S/C27H37FN4O4S/c1-4-25(27(34)29-23-11-7-5-8-12-23)31(19-21-15-17-22(28)18-16-21)26(33)20-32(37(35,36)30(2)3)24-13-9-6-10-14-24/h6,9-10,13-18,23,25H,4-5,7-8,11-12,19-20H2,1-3H3,(H,29,34). The van der Waals surface area contributed by atoms with Crippen molar-refractivity contribution < 1.29 is 22.4 Å². The first-order chi connectivity index (χ1) is 17.6. The monoisotopic (exact) mass is 532 g/mol. The molecule has 3 rings (SSSR count). The van der Waals surface area contributed by atoms with Crippen molar-refractivity contribution in [2.24, 2.45) is 0 Å². The van der Waals surface area contributed by atoms with Gasteiger partial charge < -0.3 is 10.2 Å². The topological polar surface area (TPSA) is 90.0 Å². The van der Waals surface area contributed by atoms with Crippen LogP contribution in [0.4, 0.5) is 10.1 Å². The molecule has 1 saturated carbocycles. The van der Waals surface area contributed by atoms with E-state index in [4.69, 9.17) is 0 Å². The third kappa shape index (κ3) is 7.52. The van der Waals surface area contributed by atoms with E-state index in [9.17, 15) is 22.4 Å². The van der Waals surface area contributed by atoms with Gasteiger partial charge in [-0.2, -0.15) is 12.7 Å². The average molecular weight is 533 g/mol. The molecule has 1 unspecified atom stereocenters. The number of para-hydroxylation sites is 1. The van der Waals surface area contributed by atoms with Crippen molar-refractivity contribution in [1.29, 1.82) is 0 Å². The lowest BCUT2D eigenvalue weighted by molar-refractivity contribution is -0.140. The number of hydrogen-bond donors (Lipinski definition) is 1. The summed E-state index contributed by atoms with van der Waals surface area (Å²) in [5.41, 5.74) is 0.978. The lowest BCUT2D eigenvalue weighted by Gasteiger charge is -2.35. The molecule has 2 aromatic rings. The van der Waals surface area contributed by atoms with E-state index in [1.165, 1.54) is 31.1 Å². The number of amides is 2. The fourth-order valence-corrected chi connectivity index (χ4v) is 5.62. The Balaban J connectivity index is 1.93. The number of hydrogen-bond acceptors (Lipinski definition) is 4. The lowest BCUT2D eigenvalue weighted by atomic mass is 9.95. The molecule has 1 aliphatic carbocycles. The SMILES string of the molecule is CCC(C(=O)NC1CCCCC1)N(Cc1ccc(F)cc1)C(=O)CN(c1ccccc1)S(=O)(=O)N(C)C. The molecule has 1 fully saturated rings. The minimum atomic E-state index is -4.01. The van der Waals surface area contributed by atoms with E-state index in [0.29, 0.717) is 17.7 Å². The molecule has 0 radical (unpaired) electrons. The maximum absolute atomic E-state index is 13.8. The highest BCUT2D eigenvalue weighted by Crippen LogP contribution is 2.22. The second-order valence-corrected chi connectivity index (χ2v) is 11.6. The Morgan fingerprint density at radius 1 is 1.00 bits per heavy atom. The van der Waals surface area contributed by atoms with E-state index in [0.717, 1.165) is 40.7 Å². The van der Waals surface area contributed by atoms with E-state index in [-0.39, 0.29) is 18.5 Å². The molecule has 0 heterocycles. The van der Waals surface area contributed by atoms with Crippen LogP contribution < -0.4 is 9.62 Å². The molecule has 0 spiro atoms. The molecule has 0 aromatic heterocycles. The van der Waals surface area contributed by atoms with E-state index < -0.39 is 34.5 Å². The van der Waals surface area contributed by atoms with Crippen LogP contribution in [0.2, 0.25) is 0 Å². The molecular weight excluding hydrogens is 495 g/mol. The van der Waals surface area contributed by atoms with Crippen LogP contribution in [-0.4, -0.2) is 62.2 Å². The largest absolute Gasteiger partial charge is 0.352 e.